The quantitative estimate of drug-likeness (QED) is 0.578. The minimum atomic E-state index is 0.834. The van der Waals surface area contributed by atoms with Gasteiger partial charge in [-0.05, 0) is 37.0 Å². The smallest absolute Gasteiger partial charge is 0.0164 e. The molecule has 2 saturated carbocycles. The lowest BCUT2D eigenvalue weighted by Crippen LogP contribution is -2.66. The molecule has 1 nitrogen and oxygen atoms in total. The molecule has 3 aliphatic rings. The molecule has 3 fully saturated rings. The fourth-order valence-electron chi connectivity index (χ4n) is 2.72. The van der Waals surface area contributed by atoms with Gasteiger partial charge in [0.05, 0.1) is 0 Å². The van der Waals surface area contributed by atoms with Crippen LogP contribution in [0.4, 0.5) is 0 Å². The van der Waals surface area contributed by atoms with Crippen molar-refractivity contribution in [3.05, 3.63) is 0 Å². The Morgan fingerprint density at radius 1 is 1.20 bits per heavy atom. The molecule has 1 heteroatoms. The maximum atomic E-state index is 3.60. The van der Waals surface area contributed by atoms with Crippen molar-refractivity contribution in [2.75, 3.05) is 6.54 Å². The Labute approximate surface area is 62.2 Å². The highest BCUT2D eigenvalue weighted by Crippen LogP contribution is 2.55. The minimum absolute atomic E-state index is 0.834. The van der Waals surface area contributed by atoms with E-state index in [1.165, 1.54) is 38.6 Å². The number of rotatable bonds is 1. The van der Waals surface area contributed by atoms with Crippen molar-refractivity contribution < 1.29 is 0 Å². The number of nitrogens with one attached hydrogen (secondary N) is 1. The summed E-state index contributed by atoms with van der Waals surface area (Å²) in [6, 6.07) is 0.959. The number of hydrogen-bond donors (Lipinski definition) is 1. The first-order chi connectivity index (χ1) is 4.91. The largest absolute Gasteiger partial charge is 0.312 e. The Kier molecular flexibility index (Phi) is 0.883. The van der Waals surface area contributed by atoms with Crippen molar-refractivity contribution in [3.63, 3.8) is 0 Å². The Morgan fingerprint density at radius 2 is 2.00 bits per heavy atom. The van der Waals surface area contributed by atoms with Gasteiger partial charge in [0.15, 0.2) is 0 Å². The molecule has 0 amide bonds. The van der Waals surface area contributed by atoms with Crippen LogP contribution in [0, 0.1) is 11.3 Å². The second-order valence-electron chi connectivity index (χ2n) is 4.41. The molecule has 1 saturated heterocycles. The van der Waals surface area contributed by atoms with Crippen LogP contribution in [0.15, 0.2) is 0 Å². The Balaban J connectivity index is 1.74. The van der Waals surface area contributed by atoms with Gasteiger partial charge in [-0.15, -0.1) is 0 Å². The van der Waals surface area contributed by atoms with E-state index < -0.39 is 0 Å². The molecule has 2 aliphatic carbocycles. The van der Waals surface area contributed by atoms with Crippen molar-refractivity contribution >= 4 is 0 Å². The van der Waals surface area contributed by atoms with E-state index in [0.717, 1.165) is 17.4 Å². The van der Waals surface area contributed by atoms with Crippen LogP contribution >= 0.6 is 0 Å². The topological polar surface area (TPSA) is 12.0 Å². The van der Waals surface area contributed by atoms with Crippen LogP contribution in [0.2, 0.25) is 0 Å². The highest BCUT2D eigenvalue weighted by atomic mass is 15.1. The van der Waals surface area contributed by atoms with Gasteiger partial charge in [0.25, 0.3) is 0 Å². The molecule has 0 bridgehead atoms. The zero-order valence-electron chi connectivity index (χ0n) is 6.40. The van der Waals surface area contributed by atoms with E-state index >= 15 is 0 Å². The lowest BCUT2D eigenvalue weighted by molar-refractivity contribution is -0.0153. The molecular formula is C9H15N. The van der Waals surface area contributed by atoms with E-state index in [1.807, 2.05) is 0 Å². The van der Waals surface area contributed by atoms with Crippen LogP contribution in [0.25, 0.3) is 0 Å². The van der Waals surface area contributed by atoms with Crippen molar-refractivity contribution in [3.8, 4) is 0 Å². The summed E-state index contributed by atoms with van der Waals surface area (Å²) in [6.07, 6.45) is 7.59. The SMILES string of the molecule is C1CC2(C1)CNC2C1CC1. The molecule has 1 atom stereocenters. The Morgan fingerprint density at radius 3 is 2.30 bits per heavy atom. The average molecular weight is 137 g/mol. The predicted molar refractivity (Wildman–Crippen MR) is 40.8 cm³/mol. The molecule has 56 valence electrons. The Hall–Kier alpha value is -0.0400. The molecule has 1 heterocycles. The average Bonchev–Trinajstić information content (AvgIpc) is 2.41. The van der Waals surface area contributed by atoms with E-state index in [-0.39, 0.29) is 0 Å². The van der Waals surface area contributed by atoms with Gasteiger partial charge in [-0.25, -0.2) is 0 Å². The third-order valence-corrected chi connectivity index (χ3v) is 3.78. The van der Waals surface area contributed by atoms with Gasteiger partial charge in [0, 0.05) is 12.6 Å². The summed E-state index contributed by atoms with van der Waals surface area (Å²) < 4.78 is 0. The van der Waals surface area contributed by atoms with Crippen molar-refractivity contribution in [2.24, 2.45) is 11.3 Å². The highest BCUT2D eigenvalue weighted by Gasteiger charge is 2.55. The summed E-state index contributed by atoms with van der Waals surface area (Å²) in [5.74, 6) is 1.09. The molecule has 1 aliphatic heterocycles. The lowest BCUT2D eigenvalue weighted by atomic mass is 9.58. The second kappa shape index (κ2) is 1.58. The molecule has 3 rings (SSSR count). The molecule has 1 N–H and O–H groups in total. The predicted octanol–water partition coefficient (Wildman–Crippen LogP) is 1.54. The van der Waals surface area contributed by atoms with E-state index in [9.17, 15) is 0 Å². The van der Waals surface area contributed by atoms with E-state index in [0.29, 0.717) is 0 Å². The first-order valence-corrected chi connectivity index (χ1v) is 4.64. The molecular weight excluding hydrogens is 122 g/mol. The monoisotopic (exact) mass is 137 g/mol. The molecule has 0 radical (unpaired) electrons. The summed E-state index contributed by atoms with van der Waals surface area (Å²) in [5, 5.41) is 3.60. The third kappa shape index (κ3) is 0.531. The molecule has 0 aromatic heterocycles. The molecule has 0 aromatic rings. The summed E-state index contributed by atoms with van der Waals surface area (Å²) >= 11 is 0. The summed E-state index contributed by atoms with van der Waals surface area (Å²) in [4.78, 5) is 0. The van der Waals surface area contributed by atoms with Gasteiger partial charge in [0.1, 0.15) is 0 Å². The van der Waals surface area contributed by atoms with E-state index in [4.69, 9.17) is 0 Å². The maximum Gasteiger partial charge on any atom is 0.0164 e. The van der Waals surface area contributed by atoms with Crippen LogP contribution in [-0.4, -0.2) is 12.6 Å². The van der Waals surface area contributed by atoms with Crippen molar-refractivity contribution in [2.45, 2.75) is 38.1 Å². The lowest BCUT2D eigenvalue weighted by Gasteiger charge is -2.57. The highest BCUT2D eigenvalue weighted by molar-refractivity contribution is 5.11. The molecule has 1 spiro atoms. The standard InChI is InChI=1S/C9H15N/c1-4-9(5-1)6-10-8(9)7-2-3-7/h7-8,10H,1-6H2. The summed E-state index contributed by atoms with van der Waals surface area (Å²) in [5.41, 5.74) is 0.834. The van der Waals surface area contributed by atoms with Crippen LogP contribution < -0.4 is 5.32 Å². The summed E-state index contributed by atoms with van der Waals surface area (Å²) in [6.45, 7) is 1.34. The minimum Gasteiger partial charge on any atom is -0.312 e. The second-order valence-corrected chi connectivity index (χ2v) is 4.41. The fraction of sp³-hybridized carbons (Fsp3) is 1.00. The van der Waals surface area contributed by atoms with Gasteiger partial charge in [-0.2, -0.15) is 0 Å². The summed E-state index contributed by atoms with van der Waals surface area (Å²) in [7, 11) is 0. The van der Waals surface area contributed by atoms with Gasteiger partial charge < -0.3 is 5.32 Å². The first-order valence-electron chi connectivity index (χ1n) is 4.64. The molecule has 10 heavy (non-hydrogen) atoms. The van der Waals surface area contributed by atoms with Crippen LogP contribution in [0.3, 0.4) is 0 Å². The zero-order chi connectivity index (χ0) is 6.60. The van der Waals surface area contributed by atoms with Crippen molar-refractivity contribution in [1.29, 1.82) is 0 Å². The molecule has 0 aromatic carbocycles. The van der Waals surface area contributed by atoms with Crippen LogP contribution in [0.5, 0.6) is 0 Å². The van der Waals surface area contributed by atoms with Crippen molar-refractivity contribution in [1.82, 2.24) is 5.32 Å². The van der Waals surface area contributed by atoms with E-state index in [2.05, 4.69) is 5.32 Å². The molecule has 1 unspecified atom stereocenters. The van der Waals surface area contributed by atoms with Crippen LogP contribution in [0.1, 0.15) is 32.1 Å². The van der Waals surface area contributed by atoms with E-state index in [1.54, 1.807) is 0 Å². The van der Waals surface area contributed by atoms with Crippen LogP contribution in [-0.2, 0) is 0 Å². The Bertz CT molecular complexity index is 151. The van der Waals surface area contributed by atoms with Gasteiger partial charge in [0.2, 0.25) is 0 Å². The first kappa shape index (κ1) is 5.59. The normalized spacial score (nSPS) is 42.6. The number of hydrogen-bond acceptors (Lipinski definition) is 1. The van der Waals surface area contributed by atoms with Gasteiger partial charge in [-0.3, -0.25) is 0 Å². The fourth-order valence-corrected chi connectivity index (χ4v) is 2.72. The third-order valence-electron chi connectivity index (χ3n) is 3.78. The van der Waals surface area contributed by atoms with Gasteiger partial charge >= 0.3 is 0 Å². The maximum absolute atomic E-state index is 3.60. The zero-order valence-corrected chi connectivity index (χ0v) is 6.40. The van der Waals surface area contributed by atoms with Gasteiger partial charge in [-0.1, -0.05) is 6.42 Å².